The molecule has 32 heavy (non-hydrogen) atoms. The van der Waals surface area contributed by atoms with Gasteiger partial charge in [-0.1, -0.05) is 0 Å². The van der Waals surface area contributed by atoms with Gasteiger partial charge in [-0.3, -0.25) is 14.9 Å². The summed E-state index contributed by atoms with van der Waals surface area (Å²) >= 11 is 0. The van der Waals surface area contributed by atoms with Crippen LogP contribution in [0.4, 0.5) is 5.69 Å². The lowest BCUT2D eigenvalue weighted by atomic mass is 10.2. The number of likely N-dealkylation sites (N-methyl/N-ethyl adjacent to an activating group) is 1. The molecule has 2 aliphatic rings. The molecule has 0 spiro atoms. The maximum Gasteiger partial charge on any atom is 0.312 e. The molecule has 0 N–H and O–H groups in total. The molecule has 1 amide bonds. The number of nitrogens with zero attached hydrogens (tertiary/aromatic N) is 3. The van der Waals surface area contributed by atoms with Crippen LogP contribution in [0, 0.1) is 10.1 Å². The summed E-state index contributed by atoms with van der Waals surface area (Å²) in [5, 5.41) is 11.5. The molecule has 0 radical (unpaired) electrons. The number of carbonyl (C=O) groups excluding carboxylic acids is 1. The molecule has 1 atom stereocenters. The van der Waals surface area contributed by atoms with Crippen molar-refractivity contribution >= 4 is 31.5 Å². The summed E-state index contributed by atoms with van der Waals surface area (Å²) in [6.45, 7) is 2.19. The Morgan fingerprint density at radius 3 is 2.59 bits per heavy atom. The zero-order valence-corrected chi connectivity index (χ0v) is 19.1. The Morgan fingerprint density at radius 1 is 1.34 bits per heavy atom. The van der Waals surface area contributed by atoms with Crippen LogP contribution in [0.5, 0.6) is 5.75 Å². The number of rotatable bonds is 8. The van der Waals surface area contributed by atoms with Gasteiger partial charge in [0.05, 0.1) is 34.5 Å². The minimum absolute atomic E-state index is 0.00680. The van der Waals surface area contributed by atoms with Gasteiger partial charge < -0.3 is 14.4 Å². The Morgan fingerprint density at radius 2 is 2.03 bits per heavy atom. The second-order valence-corrected chi connectivity index (χ2v) is 11.6. The average Bonchev–Trinajstić information content (AvgIpc) is 3.12. The standard InChI is InChI=1S/C18H25N3O9S2/c1-2-20(14-5-10-31(25,26)13-14)18(22)12-30-17-4-3-15(11-16(17)21(23)24)32(27,28)19-6-8-29-9-7-19/h3-4,11,14H,2,5-10,12-13H2,1H3. The fraction of sp³-hybridized carbons (Fsp3) is 0.611. The molecule has 14 heteroatoms. The van der Waals surface area contributed by atoms with Crippen molar-refractivity contribution in [2.24, 2.45) is 0 Å². The number of carbonyl (C=O) groups is 1. The number of nitro benzene ring substituents is 1. The zero-order chi connectivity index (χ0) is 23.5. The number of morpholine rings is 1. The van der Waals surface area contributed by atoms with Crippen molar-refractivity contribution in [3.05, 3.63) is 28.3 Å². The predicted molar refractivity (Wildman–Crippen MR) is 113 cm³/mol. The lowest BCUT2D eigenvalue weighted by molar-refractivity contribution is -0.386. The third-order valence-corrected chi connectivity index (χ3v) is 9.04. The fourth-order valence-corrected chi connectivity index (χ4v) is 6.90. The summed E-state index contributed by atoms with van der Waals surface area (Å²) in [5.74, 6) is -0.874. The molecule has 2 saturated heterocycles. The van der Waals surface area contributed by atoms with E-state index in [2.05, 4.69) is 0 Å². The van der Waals surface area contributed by atoms with Gasteiger partial charge in [-0.25, -0.2) is 16.8 Å². The summed E-state index contributed by atoms with van der Waals surface area (Å²) < 4.78 is 60.6. The average molecular weight is 492 g/mol. The monoisotopic (exact) mass is 491 g/mol. The molecule has 1 unspecified atom stereocenters. The van der Waals surface area contributed by atoms with Crippen LogP contribution in [0.25, 0.3) is 0 Å². The topological polar surface area (TPSA) is 153 Å². The number of benzene rings is 1. The van der Waals surface area contributed by atoms with Gasteiger partial charge in [-0.05, 0) is 25.5 Å². The van der Waals surface area contributed by atoms with Crippen LogP contribution in [0.1, 0.15) is 13.3 Å². The highest BCUT2D eigenvalue weighted by Gasteiger charge is 2.34. The lowest BCUT2D eigenvalue weighted by Gasteiger charge is -2.27. The maximum atomic E-state index is 12.8. The SMILES string of the molecule is CCN(C(=O)COc1ccc(S(=O)(=O)N2CCOCC2)cc1[N+](=O)[O-])C1CCS(=O)(=O)C1. The van der Waals surface area contributed by atoms with Gasteiger partial charge in [0, 0.05) is 31.7 Å². The highest BCUT2D eigenvalue weighted by atomic mass is 32.2. The highest BCUT2D eigenvalue weighted by molar-refractivity contribution is 7.91. The molecular weight excluding hydrogens is 466 g/mol. The largest absolute Gasteiger partial charge is 0.477 e. The molecule has 178 valence electrons. The van der Waals surface area contributed by atoms with E-state index in [0.29, 0.717) is 6.42 Å². The molecule has 1 aromatic carbocycles. The van der Waals surface area contributed by atoms with Crippen LogP contribution < -0.4 is 4.74 Å². The number of hydrogen-bond acceptors (Lipinski definition) is 9. The zero-order valence-electron chi connectivity index (χ0n) is 17.5. The van der Waals surface area contributed by atoms with Gasteiger partial charge in [-0.15, -0.1) is 0 Å². The van der Waals surface area contributed by atoms with Crippen LogP contribution in [0.15, 0.2) is 23.1 Å². The van der Waals surface area contributed by atoms with Gasteiger partial charge in [0.25, 0.3) is 5.91 Å². The number of nitro groups is 1. The first kappa shape index (κ1) is 24.4. The smallest absolute Gasteiger partial charge is 0.312 e. The van der Waals surface area contributed by atoms with Crippen LogP contribution in [0.2, 0.25) is 0 Å². The van der Waals surface area contributed by atoms with E-state index in [1.165, 1.54) is 15.3 Å². The minimum atomic E-state index is -3.94. The number of sulfone groups is 1. The third kappa shape index (κ3) is 5.36. The van der Waals surface area contributed by atoms with Crippen LogP contribution in [-0.2, 0) is 29.4 Å². The molecule has 2 aliphatic heterocycles. The highest BCUT2D eigenvalue weighted by Crippen LogP contribution is 2.31. The van der Waals surface area contributed by atoms with E-state index in [1.54, 1.807) is 6.92 Å². The van der Waals surface area contributed by atoms with Crippen LogP contribution >= 0.6 is 0 Å². The second-order valence-electron chi connectivity index (χ2n) is 7.43. The van der Waals surface area contributed by atoms with Gasteiger partial charge in [0.1, 0.15) is 0 Å². The van der Waals surface area contributed by atoms with Crippen LogP contribution in [-0.4, -0.2) is 93.9 Å². The molecule has 12 nitrogen and oxygen atoms in total. The van der Waals surface area contributed by atoms with E-state index >= 15 is 0 Å². The normalized spacial score (nSPS) is 21.2. The van der Waals surface area contributed by atoms with E-state index in [0.717, 1.165) is 12.1 Å². The fourth-order valence-electron chi connectivity index (χ4n) is 3.74. The number of amides is 1. The van der Waals surface area contributed by atoms with E-state index in [1.807, 2.05) is 0 Å². The predicted octanol–water partition coefficient (Wildman–Crippen LogP) is 0.0301. The summed E-state index contributed by atoms with van der Waals surface area (Å²) in [6.07, 6.45) is 0.330. The summed E-state index contributed by atoms with van der Waals surface area (Å²) in [4.78, 5) is 24.5. The number of sulfonamides is 1. The first-order chi connectivity index (χ1) is 15.0. The van der Waals surface area contributed by atoms with Crippen LogP contribution in [0.3, 0.4) is 0 Å². The van der Waals surface area contributed by atoms with Gasteiger partial charge in [0.15, 0.2) is 22.2 Å². The van der Waals surface area contributed by atoms with Gasteiger partial charge in [0.2, 0.25) is 10.0 Å². The quantitative estimate of drug-likeness (QED) is 0.362. The number of ether oxygens (including phenoxy) is 2. The second kappa shape index (κ2) is 9.68. The van der Waals surface area contributed by atoms with E-state index in [-0.39, 0.29) is 55.0 Å². The van der Waals surface area contributed by atoms with E-state index < -0.39 is 49.0 Å². The molecule has 0 bridgehead atoms. The number of hydrogen-bond donors (Lipinski definition) is 0. The van der Waals surface area contributed by atoms with Crippen molar-refractivity contribution in [2.45, 2.75) is 24.3 Å². The lowest BCUT2D eigenvalue weighted by Crippen LogP contribution is -2.43. The first-order valence-electron chi connectivity index (χ1n) is 10.0. The summed E-state index contributed by atoms with van der Waals surface area (Å²) in [7, 11) is -7.13. The molecule has 2 heterocycles. The maximum absolute atomic E-state index is 12.8. The van der Waals surface area contributed by atoms with Crippen molar-refractivity contribution in [3.8, 4) is 5.75 Å². The van der Waals surface area contributed by atoms with Crippen molar-refractivity contribution in [3.63, 3.8) is 0 Å². The Hall–Kier alpha value is -2.29. The molecule has 0 saturated carbocycles. The van der Waals surface area contributed by atoms with E-state index in [9.17, 15) is 31.7 Å². The van der Waals surface area contributed by atoms with E-state index in [4.69, 9.17) is 9.47 Å². The van der Waals surface area contributed by atoms with Crippen molar-refractivity contribution < 1.29 is 36.0 Å². The van der Waals surface area contributed by atoms with Crippen molar-refractivity contribution in [1.29, 1.82) is 0 Å². The molecule has 3 rings (SSSR count). The molecular formula is C18H25N3O9S2. The molecule has 0 aromatic heterocycles. The van der Waals surface area contributed by atoms with Gasteiger partial charge in [-0.2, -0.15) is 4.31 Å². The Bertz CT molecular complexity index is 1080. The van der Waals surface area contributed by atoms with Gasteiger partial charge >= 0.3 is 5.69 Å². The summed E-state index contributed by atoms with van der Waals surface area (Å²) in [6, 6.07) is 2.79. The van der Waals surface area contributed by atoms with Crippen molar-refractivity contribution in [2.75, 3.05) is 51.0 Å². The third-order valence-electron chi connectivity index (χ3n) is 5.40. The molecule has 1 aromatic rings. The molecule has 0 aliphatic carbocycles. The first-order valence-corrected chi connectivity index (χ1v) is 13.3. The Labute approximate surface area is 186 Å². The Kier molecular flexibility index (Phi) is 7.37. The minimum Gasteiger partial charge on any atom is -0.477 e. The molecule has 2 fully saturated rings. The Balaban J connectivity index is 1.75. The summed E-state index contributed by atoms with van der Waals surface area (Å²) in [5.41, 5.74) is -0.585. The van der Waals surface area contributed by atoms with Crippen molar-refractivity contribution in [1.82, 2.24) is 9.21 Å².